The Morgan fingerprint density at radius 1 is 1.38 bits per heavy atom. The van der Waals surface area contributed by atoms with E-state index in [1.165, 1.54) is 37.1 Å². The zero-order chi connectivity index (χ0) is 20.5. The fourth-order valence-corrected chi connectivity index (χ4v) is 4.01. The number of halogens is 1. The number of ether oxygens (including phenoxy) is 1. The van der Waals surface area contributed by atoms with Gasteiger partial charge in [-0.2, -0.15) is 5.10 Å². The van der Waals surface area contributed by atoms with Gasteiger partial charge in [0.15, 0.2) is 11.5 Å². The first-order chi connectivity index (χ1) is 14.0. The van der Waals surface area contributed by atoms with E-state index in [0.29, 0.717) is 17.0 Å². The lowest BCUT2D eigenvalue weighted by Gasteiger charge is -2.18. The third-order valence-corrected chi connectivity index (χ3v) is 5.63. The predicted octanol–water partition coefficient (Wildman–Crippen LogP) is 4.42. The Labute approximate surface area is 173 Å². The van der Waals surface area contributed by atoms with Gasteiger partial charge in [-0.05, 0) is 66.6 Å². The molecule has 0 saturated heterocycles. The summed E-state index contributed by atoms with van der Waals surface area (Å²) in [6, 6.07) is 8.78. The minimum atomic E-state index is -0.293. The molecule has 1 aliphatic rings. The molecule has 1 heterocycles. The summed E-state index contributed by atoms with van der Waals surface area (Å²) in [4.78, 5) is 16.0. The van der Waals surface area contributed by atoms with Crippen LogP contribution in [0.3, 0.4) is 0 Å². The molecule has 0 aliphatic heterocycles. The molecule has 150 valence electrons. The second-order valence-electron chi connectivity index (χ2n) is 7.44. The van der Waals surface area contributed by atoms with E-state index in [2.05, 4.69) is 22.4 Å². The van der Waals surface area contributed by atoms with Crippen LogP contribution in [0.5, 0.6) is 11.5 Å². The van der Waals surface area contributed by atoms with Gasteiger partial charge in [-0.15, -0.1) is 0 Å². The number of H-pyrrole nitrogens is 1. The van der Waals surface area contributed by atoms with E-state index in [0.717, 1.165) is 23.7 Å². The number of rotatable bonds is 4. The lowest BCUT2D eigenvalue weighted by Crippen LogP contribution is -2.17. The third kappa shape index (κ3) is 3.80. The highest BCUT2D eigenvalue weighted by Crippen LogP contribution is 2.34. The van der Waals surface area contributed by atoms with Gasteiger partial charge < -0.3 is 14.8 Å². The van der Waals surface area contributed by atoms with Crippen molar-refractivity contribution >= 4 is 34.6 Å². The number of fused-ring (bicyclic) bond motifs is 3. The Morgan fingerprint density at radius 3 is 3.00 bits per heavy atom. The number of amides is 1. The Bertz CT molecular complexity index is 1120. The summed E-state index contributed by atoms with van der Waals surface area (Å²) in [5.74, 6) is 0.464. The first-order valence-corrected chi connectivity index (χ1v) is 9.87. The molecule has 0 saturated carbocycles. The van der Waals surface area contributed by atoms with Crippen molar-refractivity contribution in [2.24, 2.45) is 11.0 Å². The summed E-state index contributed by atoms with van der Waals surface area (Å²) in [5, 5.41) is 15.0. The van der Waals surface area contributed by atoms with E-state index in [4.69, 9.17) is 16.3 Å². The molecule has 3 aromatic rings. The zero-order valence-electron chi connectivity index (χ0n) is 16.3. The molecule has 1 aliphatic carbocycles. The van der Waals surface area contributed by atoms with Gasteiger partial charge in [-0.3, -0.25) is 4.79 Å². The van der Waals surface area contributed by atoms with Crippen LogP contribution >= 0.6 is 11.6 Å². The Kier molecular flexibility index (Phi) is 5.20. The Morgan fingerprint density at radius 2 is 2.21 bits per heavy atom. The number of nitrogens with one attached hydrogen (secondary N) is 2. The maximum Gasteiger partial charge on any atom is 0.271 e. The van der Waals surface area contributed by atoms with E-state index < -0.39 is 0 Å². The number of methoxy groups -OCH3 is 1. The van der Waals surface area contributed by atoms with Crippen LogP contribution in [0.1, 0.15) is 40.5 Å². The molecule has 3 N–H and O–H groups in total. The number of phenols is 1. The number of phenolic OH excluding ortho intramolecular Hbond substituents is 1. The van der Waals surface area contributed by atoms with Crippen molar-refractivity contribution in [1.82, 2.24) is 10.4 Å². The molecule has 4 rings (SSSR count). The summed E-state index contributed by atoms with van der Waals surface area (Å²) in [6.07, 6.45) is 4.72. The number of benzene rings is 2. The van der Waals surface area contributed by atoms with Crippen LogP contribution in [0.15, 0.2) is 35.4 Å². The van der Waals surface area contributed by atoms with Gasteiger partial charge in [-0.25, -0.2) is 5.43 Å². The second kappa shape index (κ2) is 7.79. The average Bonchev–Trinajstić information content (AvgIpc) is 3.07. The molecular weight excluding hydrogens is 390 g/mol. The van der Waals surface area contributed by atoms with Gasteiger partial charge in [-0.1, -0.05) is 18.5 Å². The summed E-state index contributed by atoms with van der Waals surface area (Å²) in [7, 11) is 1.44. The molecule has 1 amide bonds. The average molecular weight is 412 g/mol. The molecule has 0 radical (unpaired) electrons. The van der Waals surface area contributed by atoms with E-state index in [1.54, 1.807) is 12.1 Å². The standard InChI is InChI=1S/C22H22ClN3O3/c1-12-3-5-18-15(7-12)16-10-14(4-6-19(16)25-18)22(28)26-24-11-13-8-17(23)21(27)20(9-13)29-2/h4,6,8-12,25,27H,3,5,7H2,1-2H3,(H,26,28)/b24-11-. The van der Waals surface area contributed by atoms with Crippen molar-refractivity contribution in [2.45, 2.75) is 26.2 Å². The van der Waals surface area contributed by atoms with Crippen molar-refractivity contribution in [3.63, 3.8) is 0 Å². The van der Waals surface area contributed by atoms with Gasteiger partial charge in [0.2, 0.25) is 0 Å². The summed E-state index contributed by atoms with van der Waals surface area (Å²) in [6.45, 7) is 2.26. The summed E-state index contributed by atoms with van der Waals surface area (Å²) < 4.78 is 5.06. The number of carbonyl (C=O) groups excluding carboxylic acids is 1. The van der Waals surface area contributed by atoms with Crippen LogP contribution in [0.4, 0.5) is 0 Å². The Balaban J connectivity index is 1.53. The molecule has 7 heteroatoms. The number of hydrazone groups is 1. The maximum absolute atomic E-state index is 12.6. The number of aryl methyl sites for hydroxylation is 1. The van der Waals surface area contributed by atoms with E-state index in [9.17, 15) is 9.90 Å². The highest BCUT2D eigenvalue weighted by Gasteiger charge is 2.20. The molecule has 29 heavy (non-hydrogen) atoms. The number of aromatic amines is 1. The molecule has 1 aromatic heterocycles. The monoisotopic (exact) mass is 411 g/mol. The van der Waals surface area contributed by atoms with Gasteiger partial charge in [0.25, 0.3) is 5.91 Å². The van der Waals surface area contributed by atoms with Crippen LogP contribution in [0.25, 0.3) is 10.9 Å². The predicted molar refractivity (Wildman–Crippen MR) is 114 cm³/mol. The van der Waals surface area contributed by atoms with Crippen molar-refractivity contribution in [1.29, 1.82) is 0 Å². The number of carbonyl (C=O) groups is 1. The number of aromatic hydroxyl groups is 1. The fourth-order valence-electron chi connectivity index (χ4n) is 3.79. The Hall–Kier alpha value is -2.99. The van der Waals surface area contributed by atoms with Crippen LogP contribution < -0.4 is 10.2 Å². The van der Waals surface area contributed by atoms with Crippen molar-refractivity contribution in [3.05, 3.63) is 57.7 Å². The van der Waals surface area contributed by atoms with Crippen LogP contribution in [-0.2, 0) is 12.8 Å². The zero-order valence-corrected chi connectivity index (χ0v) is 17.0. The van der Waals surface area contributed by atoms with Crippen LogP contribution in [-0.4, -0.2) is 29.3 Å². The van der Waals surface area contributed by atoms with Crippen LogP contribution in [0.2, 0.25) is 5.02 Å². The largest absolute Gasteiger partial charge is 0.503 e. The molecule has 1 atom stereocenters. The molecule has 0 spiro atoms. The molecule has 2 aromatic carbocycles. The molecule has 6 nitrogen and oxygen atoms in total. The quantitative estimate of drug-likeness (QED) is 0.438. The van der Waals surface area contributed by atoms with Gasteiger partial charge in [0, 0.05) is 22.2 Å². The number of hydrogen-bond acceptors (Lipinski definition) is 4. The first kappa shape index (κ1) is 19.3. The lowest BCUT2D eigenvalue weighted by molar-refractivity contribution is 0.0955. The second-order valence-corrected chi connectivity index (χ2v) is 7.85. The van der Waals surface area contributed by atoms with E-state index in [-0.39, 0.29) is 22.4 Å². The summed E-state index contributed by atoms with van der Waals surface area (Å²) in [5.41, 5.74) is 7.35. The fraction of sp³-hybridized carbons (Fsp3) is 0.273. The minimum absolute atomic E-state index is 0.132. The van der Waals surface area contributed by atoms with Gasteiger partial charge in [0.1, 0.15) is 0 Å². The highest BCUT2D eigenvalue weighted by molar-refractivity contribution is 6.32. The molecule has 0 bridgehead atoms. The van der Waals surface area contributed by atoms with Crippen molar-refractivity contribution in [2.75, 3.05) is 7.11 Å². The van der Waals surface area contributed by atoms with Crippen molar-refractivity contribution in [3.8, 4) is 11.5 Å². The third-order valence-electron chi connectivity index (χ3n) is 5.35. The van der Waals surface area contributed by atoms with Gasteiger partial charge in [0.05, 0.1) is 18.3 Å². The van der Waals surface area contributed by atoms with Gasteiger partial charge >= 0.3 is 0 Å². The lowest BCUT2D eigenvalue weighted by atomic mass is 9.87. The maximum atomic E-state index is 12.6. The van der Waals surface area contributed by atoms with Crippen LogP contribution in [0, 0.1) is 5.92 Å². The topological polar surface area (TPSA) is 86.7 Å². The number of aromatic nitrogens is 1. The molecule has 0 fully saturated rings. The number of nitrogens with zero attached hydrogens (tertiary/aromatic N) is 1. The first-order valence-electron chi connectivity index (χ1n) is 9.49. The number of hydrogen-bond donors (Lipinski definition) is 3. The summed E-state index contributed by atoms with van der Waals surface area (Å²) >= 11 is 5.97. The van der Waals surface area contributed by atoms with E-state index in [1.807, 2.05) is 12.1 Å². The SMILES string of the molecule is COc1cc(/C=N\NC(=O)c2ccc3[nH]c4c(c3c2)CC(C)CC4)cc(Cl)c1O. The van der Waals surface area contributed by atoms with Crippen molar-refractivity contribution < 1.29 is 14.6 Å². The molecule has 1 unspecified atom stereocenters. The van der Waals surface area contributed by atoms with E-state index >= 15 is 0 Å². The minimum Gasteiger partial charge on any atom is -0.503 e. The smallest absolute Gasteiger partial charge is 0.271 e. The normalized spacial score (nSPS) is 16.2. The highest BCUT2D eigenvalue weighted by atomic mass is 35.5. The molecular formula is C22H22ClN3O3.